The van der Waals surface area contributed by atoms with Gasteiger partial charge in [0, 0.05) is 56.6 Å². The topological polar surface area (TPSA) is 95.0 Å². The molecule has 8 heteroatoms. The van der Waals surface area contributed by atoms with Gasteiger partial charge in [0.15, 0.2) is 5.78 Å². The standard InChI is InChI=1S/C46H46N2O5.CH4.Y/c1-27-4-6-29(7-5-27)22-30-8-14-33(15-9-30)34-16-10-31(11-17-34)23-32-12-19-36(20-13-32)48-45(52)37-21-18-35(24-39(37)46(48)53)43(50)41-25-40-38(26-42(41)49)28(2)47(3)44(40)51;;/h4-7,12-13,18-21,24-26,30-31,33-34,49H,2,8-11,14-17,22-23H2,1,3H3;1H4;. The minimum atomic E-state index is -0.556. The van der Waals surface area contributed by atoms with E-state index in [4.69, 9.17) is 0 Å². The summed E-state index contributed by atoms with van der Waals surface area (Å²) in [5, 5.41) is 10.7. The monoisotopic (exact) mass is 811 g/mol. The first-order valence-corrected chi connectivity index (χ1v) is 19.1. The van der Waals surface area contributed by atoms with Crippen molar-refractivity contribution in [2.24, 2.45) is 23.7 Å². The number of fused-ring (bicyclic) bond motifs is 2. The molecule has 3 amide bonds. The molecule has 0 bridgehead atoms. The van der Waals surface area contributed by atoms with Gasteiger partial charge in [-0.1, -0.05) is 62.0 Å². The van der Waals surface area contributed by atoms with E-state index < -0.39 is 17.6 Å². The largest absolute Gasteiger partial charge is 0.507 e. The van der Waals surface area contributed by atoms with Gasteiger partial charge in [-0.05, 0) is 142 Å². The molecule has 1 radical (unpaired) electrons. The summed E-state index contributed by atoms with van der Waals surface area (Å²) in [4.78, 5) is 55.8. The molecule has 55 heavy (non-hydrogen) atoms. The molecule has 2 aliphatic carbocycles. The van der Waals surface area contributed by atoms with Crippen LogP contribution >= 0.6 is 0 Å². The summed E-state index contributed by atoms with van der Waals surface area (Å²) in [6, 6.07) is 23.9. The van der Waals surface area contributed by atoms with Crippen molar-refractivity contribution in [3.63, 3.8) is 0 Å². The number of amides is 3. The second-order valence-electron chi connectivity index (χ2n) is 15.9. The molecule has 0 spiro atoms. The molecule has 0 saturated heterocycles. The van der Waals surface area contributed by atoms with E-state index in [0.717, 1.165) is 29.1 Å². The Hall–Kier alpha value is -4.20. The molecule has 0 atom stereocenters. The zero-order chi connectivity index (χ0) is 37.0. The number of anilines is 1. The van der Waals surface area contributed by atoms with E-state index in [0.29, 0.717) is 22.9 Å². The van der Waals surface area contributed by atoms with Gasteiger partial charge in [0.05, 0.1) is 27.9 Å². The van der Waals surface area contributed by atoms with Crippen molar-refractivity contribution in [1.82, 2.24) is 4.90 Å². The summed E-state index contributed by atoms with van der Waals surface area (Å²) < 4.78 is 0. The molecule has 0 unspecified atom stereocenters. The van der Waals surface area contributed by atoms with Crippen molar-refractivity contribution in [3.05, 3.63) is 136 Å². The molecule has 4 aliphatic rings. The summed E-state index contributed by atoms with van der Waals surface area (Å²) in [5.74, 6) is 1.09. The zero-order valence-corrected chi connectivity index (χ0v) is 34.0. The predicted octanol–water partition coefficient (Wildman–Crippen LogP) is 9.82. The van der Waals surface area contributed by atoms with E-state index in [1.165, 1.54) is 110 Å². The average molecular weight is 812 g/mol. The number of phenolic OH excluding ortho intramolecular Hbond substituents is 1. The van der Waals surface area contributed by atoms with Crippen LogP contribution in [-0.2, 0) is 45.6 Å². The van der Waals surface area contributed by atoms with E-state index in [1.54, 1.807) is 7.05 Å². The fraction of sp³-hybridized carbons (Fsp3) is 0.362. The molecular formula is C47H50N2O5Y. The van der Waals surface area contributed by atoms with E-state index in [-0.39, 0.29) is 79.6 Å². The first kappa shape index (κ1) is 40.5. The molecular weight excluding hydrogens is 761 g/mol. The number of aryl methyl sites for hydroxylation is 1. The van der Waals surface area contributed by atoms with Crippen LogP contribution in [0.1, 0.15) is 128 Å². The van der Waals surface area contributed by atoms with Crippen molar-refractivity contribution < 1.29 is 57.0 Å². The van der Waals surface area contributed by atoms with Gasteiger partial charge in [-0.25, -0.2) is 4.90 Å². The SMILES string of the molecule is C.C=C1c2cc(O)c(C(=O)c3ccc4c(c3)C(=O)N(c3ccc(CC5CCC(C6CCC(Cc7ccc(C)cc7)CC6)CC5)cc3)C4=O)cc2C(=O)N1C.[Y]. The van der Waals surface area contributed by atoms with E-state index in [9.17, 15) is 24.3 Å². The summed E-state index contributed by atoms with van der Waals surface area (Å²) in [6.07, 6.45) is 12.8. The Morgan fingerprint density at radius 3 is 1.75 bits per heavy atom. The Labute approximate surface area is 350 Å². The summed E-state index contributed by atoms with van der Waals surface area (Å²) in [5.41, 5.74) is 6.12. The second kappa shape index (κ2) is 16.5. The minimum absolute atomic E-state index is 0. The Bertz CT molecular complexity index is 2140. The first-order chi connectivity index (χ1) is 25.5. The smallest absolute Gasteiger partial charge is 0.266 e. The summed E-state index contributed by atoms with van der Waals surface area (Å²) in [6.45, 7) is 6.03. The predicted molar refractivity (Wildman–Crippen MR) is 213 cm³/mol. The number of carbonyl (C=O) groups is 4. The molecule has 2 saturated carbocycles. The number of rotatable bonds is 8. The van der Waals surface area contributed by atoms with Crippen LogP contribution in [-0.4, -0.2) is 40.6 Å². The van der Waals surface area contributed by atoms with Crippen LogP contribution in [0.5, 0.6) is 5.75 Å². The van der Waals surface area contributed by atoms with Crippen LogP contribution in [0, 0.1) is 30.6 Å². The van der Waals surface area contributed by atoms with E-state index >= 15 is 0 Å². The molecule has 2 fully saturated rings. The van der Waals surface area contributed by atoms with Gasteiger partial charge < -0.3 is 10.0 Å². The van der Waals surface area contributed by atoms with Crippen LogP contribution < -0.4 is 4.90 Å². The minimum Gasteiger partial charge on any atom is -0.507 e. The van der Waals surface area contributed by atoms with Crippen LogP contribution in [0.3, 0.4) is 0 Å². The van der Waals surface area contributed by atoms with Gasteiger partial charge in [0.25, 0.3) is 17.7 Å². The van der Waals surface area contributed by atoms with Gasteiger partial charge in [0.1, 0.15) is 5.75 Å². The Morgan fingerprint density at radius 1 is 0.673 bits per heavy atom. The van der Waals surface area contributed by atoms with Crippen molar-refractivity contribution in [3.8, 4) is 5.75 Å². The molecule has 1 N–H and O–H groups in total. The molecule has 4 aromatic rings. The number of hydrogen-bond acceptors (Lipinski definition) is 5. The maximum absolute atomic E-state index is 13.6. The first-order valence-electron chi connectivity index (χ1n) is 19.1. The summed E-state index contributed by atoms with van der Waals surface area (Å²) in [7, 11) is 1.58. The number of carbonyl (C=O) groups excluding carboxylic acids is 4. The van der Waals surface area contributed by atoms with Crippen molar-refractivity contribution in [2.45, 2.75) is 78.6 Å². The molecule has 7 nitrogen and oxygen atoms in total. The average Bonchev–Trinajstić information content (AvgIpc) is 3.54. The zero-order valence-electron chi connectivity index (χ0n) is 31.1. The summed E-state index contributed by atoms with van der Waals surface area (Å²) >= 11 is 0. The third-order valence-electron chi connectivity index (χ3n) is 12.6. The van der Waals surface area contributed by atoms with Crippen LogP contribution in [0.25, 0.3) is 5.70 Å². The molecule has 2 heterocycles. The van der Waals surface area contributed by atoms with E-state index in [1.807, 2.05) is 24.3 Å². The Morgan fingerprint density at radius 2 is 1.18 bits per heavy atom. The number of ketones is 1. The normalized spacial score (nSPS) is 21.9. The molecule has 0 aromatic heterocycles. The number of imide groups is 1. The van der Waals surface area contributed by atoms with E-state index in [2.05, 4.69) is 37.8 Å². The molecule has 281 valence electrons. The number of benzene rings is 4. The third kappa shape index (κ3) is 7.80. The van der Waals surface area contributed by atoms with Crippen molar-refractivity contribution in [1.29, 1.82) is 0 Å². The fourth-order valence-corrected chi connectivity index (χ4v) is 9.34. The van der Waals surface area contributed by atoms with Gasteiger partial charge in [-0.3, -0.25) is 19.2 Å². The Balaban J connectivity index is 0.00000257. The van der Waals surface area contributed by atoms with Crippen molar-refractivity contribution in [2.75, 3.05) is 11.9 Å². The number of nitrogens with zero attached hydrogens (tertiary/aromatic N) is 2. The molecule has 4 aromatic carbocycles. The quantitative estimate of drug-likeness (QED) is 0.141. The maximum Gasteiger partial charge on any atom is 0.266 e. The van der Waals surface area contributed by atoms with Gasteiger partial charge in [0.2, 0.25) is 0 Å². The molecule has 2 aliphatic heterocycles. The second-order valence-corrected chi connectivity index (χ2v) is 15.9. The van der Waals surface area contributed by atoms with Gasteiger partial charge in [-0.15, -0.1) is 0 Å². The third-order valence-corrected chi connectivity index (χ3v) is 12.6. The number of aromatic hydroxyl groups is 1. The fourth-order valence-electron chi connectivity index (χ4n) is 9.34. The maximum atomic E-state index is 13.6. The number of phenols is 1. The molecule has 8 rings (SSSR count). The van der Waals surface area contributed by atoms with Crippen LogP contribution in [0.2, 0.25) is 0 Å². The van der Waals surface area contributed by atoms with Crippen molar-refractivity contribution >= 4 is 34.9 Å². The number of hydrogen-bond donors (Lipinski definition) is 1. The van der Waals surface area contributed by atoms with Gasteiger partial charge >= 0.3 is 0 Å². The van der Waals surface area contributed by atoms with Gasteiger partial charge in [-0.2, -0.15) is 0 Å². The van der Waals surface area contributed by atoms with Crippen LogP contribution in [0.4, 0.5) is 5.69 Å². The van der Waals surface area contributed by atoms with Crippen LogP contribution in [0.15, 0.2) is 85.4 Å². The Kier molecular flexibility index (Phi) is 12.1.